The molecule has 8 heteroatoms. The first kappa shape index (κ1) is 16.2. The van der Waals surface area contributed by atoms with Crippen LogP contribution in [0.2, 0.25) is 10.2 Å². The number of ether oxygens (including phenoxy) is 1. The number of nitrogens with one attached hydrogen (secondary N) is 1. The number of aromatic nitrogens is 3. The summed E-state index contributed by atoms with van der Waals surface area (Å²) in [5, 5.41) is 21.4. The van der Waals surface area contributed by atoms with E-state index in [9.17, 15) is 0 Å². The maximum absolute atomic E-state index is 8.97. The van der Waals surface area contributed by atoms with Crippen LogP contribution >= 0.6 is 23.2 Å². The Hall–Kier alpha value is -2.62. The van der Waals surface area contributed by atoms with Gasteiger partial charge in [-0.2, -0.15) is 5.26 Å². The van der Waals surface area contributed by atoms with E-state index >= 15 is 0 Å². The van der Waals surface area contributed by atoms with Crippen LogP contribution in [0.5, 0.6) is 5.75 Å². The molecule has 0 atom stereocenters. The molecule has 0 aliphatic carbocycles. The van der Waals surface area contributed by atoms with Gasteiger partial charge in [-0.25, -0.2) is 0 Å². The maximum Gasteiger partial charge on any atom is 0.175 e. The number of anilines is 1. The fourth-order valence-corrected chi connectivity index (χ4v) is 2.65. The number of fused-ring (bicyclic) bond motifs is 1. The van der Waals surface area contributed by atoms with Crippen LogP contribution in [0.3, 0.4) is 0 Å². The molecular weight excluding hydrogens is 349 g/mol. The molecule has 0 aliphatic heterocycles. The first-order valence-corrected chi connectivity index (χ1v) is 7.66. The van der Waals surface area contributed by atoms with Crippen molar-refractivity contribution in [2.45, 2.75) is 6.54 Å². The quantitative estimate of drug-likeness (QED) is 0.761. The van der Waals surface area contributed by atoms with Gasteiger partial charge in [-0.1, -0.05) is 29.3 Å². The van der Waals surface area contributed by atoms with Crippen molar-refractivity contribution in [3.8, 4) is 11.8 Å². The van der Waals surface area contributed by atoms with Gasteiger partial charge in [0, 0.05) is 18.1 Å². The van der Waals surface area contributed by atoms with Crippen LogP contribution < -0.4 is 10.1 Å². The first-order chi connectivity index (χ1) is 11.6. The summed E-state index contributed by atoms with van der Waals surface area (Å²) < 4.78 is 5.13. The third-order valence-corrected chi connectivity index (χ3v) is 3.95. The molecule has 0 saturated carbocycles. The van der Waals surface area contributed by atoms with Crippen molar-refractivity contribution in [3.05, 3.63) is 51.8 Å². The van der Waals surface area contributed by atoms with Gasteiger partial charge in [-0.3, -0.25) is 4.98 Å². The smallest absolute Gasteiger partial charge is 0.175 e. The lowest BCUT2D eigenvalue weighted by Crippen LogP contribution is -2.04. The van der Waals surface area contributed by atoms with Gasteiger partial charge in [-0.15, -0.1) is 10.2 Å². The molecule has 0 saturated heterocycles. The van der Waals surface area contributed by atoms with Crippen molar-refractivity contribution in [2.75, 3.05) is 12.4 Å². The average molecular weight is 360 g/mol. The van der Waals surface area contributed by atoms with Crippen LogP contribution in [-0.4, -0.2) is 22.3 Å². The zero-order chi connectivity index (χ0) is 17.1. The minimum atomic E-state index is 0.202. The summed E-state index contributed by atoms with van der Waals surface area (Å²) >= 11 is 12.2. The van der Waals surface area contributed by atoms with Gasteiger partial charge < -0.3 is 10.1 Å². The average Bonchev–Trinajstić information content (AvgIpc) is 2.61. The molecule has 1 aromatic carbocycles. The van der Waals surface area contributed by atoms with Gasteiger partial charge >= 0.3 is 0 Å². The number of halogens is 2. The van der Waals surface area contributed by atoms with Gasteiger partial charge in [0.25, 0.3) is 0 Å². The van der Waals surface area contributed by atoms with Crippen molar-refractivity contribution >= 4 is 39.9 Å². The van der Waals surface area contributed by atoms with Crippen molar-refractivity contribution in [1.29, 1.82) is 5.26 Å². The molecular formula is C16H11Cl2N5O. The minimum Gasteiger partial charge on any atom is -0.495 e. The summed E-state index contributed by atoms with van der Waals surface area (Å²) in [6, 6.07) is 9.15. The highest BCUT2D eigenvalue weighted by Crippen LogP contribution is 2.27. The fraction of sp³-hybridized carbons (Fsp3) is 0.125. The number of nitrogens with zero attached hydrogens (tertiary/aromatic N) is 4. The Morgan fingerprint density at radius 1 is 1.25 bits per heavy atom. The molecule has 0 bridgehead atoms. The summed E-state index contributed by atoms with van der Waals surface area (Å²) in [4.78, 5) is 4.25. The number of hydrogen-bond acceptors (Lipinski definition) is 6. The lowest BCUT2D eigenvalue weighted by atomic mass is 10.2. The normalized spacial score (nSPS) is 10.4. The Bertz CT molecular complexity index is 955. The van der Waals surface area contributed by atoms with Crippen LogP contribution in [0.25, 0.3) is 10.9 Å². The third-order valence-electron chi connectivity index (χ3n) is 3.38. The molecule has 2 aromatic heterocycles. The van der Waals surface area contributed by atoms with Crippen LogP contribution in [0.1, 0.15) is 11.1 Å². The van der Waals surface area contributed by atoms with E-state index < -0.39 is 0 Å². The van der Waals surface area contributed by atoms with E-state index in [1.165, 1.54) is 6.20 Å². The highest BCUT2D eigenvalue weighted by atomic mass is 35.5. The van der Waals surface area contributed by atoms with E-state index in [4.69, 9.17) is 33.2 Å². The van der Waals surface area contributed by atoms with Gasteiger partial charge in [0.15, 0.2) is 11.0 Å². The lowest BCUT2D eigenvalue weighted by Gasteiger charge is -2.10. The zero-order valence-electron chi connectivity index (χ0n) is 12.5. The summed E-state index contributed by atoms with van der Waals surface area (Å²) in [7, 11) is 1.57. The summed E-state index contributed by atoms with van der Waals surface area (Å²) in [6.07, 6.45) is 1.47. The second kappa shape index (κ2) is 6.87. The van der Waals surface area contributed by atoms with Gasteiger partial charge in [0.1, 0.15) is 17.3 Å². The second-order valence-corrected chi connectivity index (χ2v) is 5.66. The minimum absolute atomic E-state index is 0.202. The standard InChI is InChI=1S/C16H11Cl2N5O/c1-24-13-3-2-9(5-12(13)17)7-21-16-14-11(15(18)22-23-16)4-10(6-19)8-20-14/h2-5,8H,7H2,1H3,(H,21,23). The summed E-state index contributed by atoms with van der Waals surface area (Å²) in [5.41, 5.74) is 1.90. The van der Waals surface area contributed by atoms with E-state index in [2.05, 4.69) is 20.5 Å². The largest absolute Gasteiger partial charge is 0.495 e. The number of rotatable bonds is 4. The maximum atomic E-state index is 8.97. The fourth-order valence-electron chi connectivity index (χ4n) is 2.19. The molecule has 24 heavy (non-hydrogen) atoms. The number of methoxy groups -OCH3 is 1. The zero-order valence-corrected chi connectivity index (χ0v) is 14.1. The van der Waals surface area contributed by atoms with Crippen molar-refractivity contribution in [3.63, 3.8) is 0 Å². The van der Waals surface area contributed by atoms with E-state index in [1.54, 1.807) is 25.3 Å². The number of pyridine rings is 1. The monoisotopic (exact) mass is 359 g/mol. The molecule has 0 amide bonds. The molecule has 0 unspecified atom stereocenters. The van der Waals surface area contributed by atoms with Crippen LogP contribution in [0.4, 0.5) is 5.82 Å². The molecule has 6 nitrogen and oxygen atoms in total. The van der Waals surface area contributed by atoms with Crippen molar-refractivity contribution in [1.82, 2.24) is 15.2 Å². The SMILES string of the molecule is COc1ccc(CNc2nnc(Cl)c3cc(C#N)cnc23)cc1Cl. The van der Waals surface area contributed by atoms with Gasteiger partial charge in [0.05, 0.1) is 17.7 Å². The Morgan fingerprint density at radius 3 is 2.79 bits per heavy atom. The number of hydrogen-bond donors (Lipinski definition) is 1. The Kier molecular flexibility index (Phi) is 4.65. The molecule has 120 valence electrons. The van der Waals surface area contributed by atoms with Gasteiger partial charge in [0.2, 0.25) is 0 Å². The summed E-state index contributed by atoms with van der Waals surface area (Å²) in [6.45, 7) is 0.469. The molecule has 2 heterocycles. The number of benzene rings is 1. The lowest BCUT2D eigenvalue weighted by molar-refractivity contribution is 0.415. The van der Waals surface area contributed by atoms with E-state index in [0.29, 0.717) is 39.6 Å². The summed E-state index contributed by atoms with van der Waals surface area (Å²) in [5.74, 6) is 1.09. The van der Waals surface area contributed by atoms with E-state index in [1.807, 2.05) is 12.1 Å². The molecule has 0 spiro atoms. The highest BCUT2D eigenvalue weighted by Gasteiger charge is 2.11. The third kappa shape index (κ3) is 3.18. The predicted molar refractivity (Wildman–Crippen MR) is 92.4 cm³/mol. The second-order valence-electron chi connectivity index (χ2n) is 4.89. The van der Waals surface area contributed by atoms with Gasteiger partial charge in [-0.05, 0) is 23.8 Å². The van der Waals surface area contributed by atoms with E-state index in [0.717, 1.165) is 5.56 Å². The molecule has 3 aromatic rings. The van der Waals surface area contributed by atoms with Crippen LogP contribution in [0, 0.1) is 11.3 Å². The molecule has 0 aliphatic rings. The van der Waals surface area contributed by atoms with E-state index in [-0.39, 0.29) is 5.15 Å². The molecule has 0 radical (unpaired) electrons. The number of nitriles is 1. The van der Waals surface area contributed by atoms with Crippen molar-refractivity contribution in [2.24, 2.45) is 0 Å². The Morgan fingerprint density at radius 2 is 2.08 bits per heavy atom. The first-order valence-electron chi connectivity index (χ1n) is 6.90. The Balaban J connectivity index is 1.89. The molecule has 0 fully saturated rings. The topological polar surface area (TPSA) is 83.7 Å². The predicted octanol–water partition coefficient (Wildman–Crippen LogP) is 3.82. The Labute approximate surface area is 148 Å². The molecule has 1 N–H and O–H groups in total. The molecule has 3 rings (SSSR count). The van der Waals surface area contributed by atoms with Crippen LogP contribution in [-0.2, 0) is 6.54 Å². The highest BCUT2D eigenvalue weighted by molar-refractivity contribution is 6.34. The van der Waals surface area contributed by atoms with Crippen molar-refractivity contribution < 1.29 is 4.74 Å². The van der Waals surface area contributed by atoms with Crippen LogP contribution in [0.15, 0.2) is 30.5 Å².